The van der Waals surface area contributed by atoms with Crippen molar-refractivity contribution < 1.29 is 110 Å². The topological polar surface area (TPSA) is 323 Å². The molecule has 3 aliphatic heterocycles. The second-order valence-corrected chi connectivity index (χ2v) is 14.3. The molecule has 3 aliphatic rings. The summed E-state index contributed by atoms with van der Waals surface area (Å²) in [5.41, 5.74) is 0. The van der Waals surface area contributed by atoms with Gasteiger partial charge in [-0.1, -0.05) is 0 Å². The molecule has 1 spiro atoms. The number of ether oxygens (including phenoxy) is 12. The largest absolute Gasteiger partial charge is 0.464 e. The first-order valence-corrected chi connectivity index (χ1v) is 18.9. The number of cyclic esters (lactones) is 1. The van der Waals surface area contributed by atoms with E-state index in [0.717, 1.165) is 69.4 Å². The highest BCUT2D eigenvalue weighted by molar-refractivity contribution is 5.82. The second kappa shape index (κ2) is 21.2. The third kappa shape index (κ3) is 13.0. The first-order chi connectivity index (χ1) is 28.8. The molecule has 25 nitrogen and oxygen atoms in total. The Bertz CT molecular complexity index is 1780. The lowest BCUT2D eigenvalue weighted by atomic mass is 9.86. The Morgan fingerprint density at radius 1 is 0.645 bits per heavy atom. The summed E-state index contributed by atoms with van der Waals surface area (Å²) >= 11 is 0. The van der Waals surface area contributed by atoms with Gasteiger partial charge in [0.25, 0.3) is 5.79 Å². The van der Waals surface area contributed by atoms with E-state index in [4.69, 9.17) is 56.8 Å². The summed E-state index contributed by atoms with van der Waals surface area (Å²) in [5, 5.41) is 5.01. The van der Waals surface area contributed by atoms with Gasteiger partial charge in [0.05, 0.1) is 32.0 Å². The number of nitrogens with one attached hydrogen (secondary N) is 2. The van der Waals surface area contributed by atoms with Gasteiger partial charge in [-0.3, -0.25) is 43.2 Å². The van der Waals surface area contributed by atoms with E-state index < -0.39 is 164 Å². The predicted molar refractivity (Wildman–Crippen MR) is 194 cm³/mol. The third-order valence-corrected chi connectivity index (χ3v) is 9.07. The lowest BCUT2D eigenvalue weighted by Crippen LogP contribution is -2.73. The standard InChI is InChI=1S/C37H50N2O23/c1-15(40)38-28-25(55-19(5)44)12-37(62-32(28)30(57-21(7)46)26(56-20(6)45)13-52-17(3)42)35(50)53-14-27(60-37)31(58-22(8)47)33-29(39-16(2)41)24(54-18(4)43)11-36(61-33,34(49)51-10)59-23(9)48/h24-33H,11-14H2,1-10H3,(H,38,40)(H,39,41)/t24-,25-,26+,27+,28+,29+,30+,31-,32+,33+,36-,37+/m0/s1. The predicted octanol–water partition coefficient (Wildman–Crippen LogP) is -2.13. The van der Waals surface area contributed by atoms with Crippen molar-refractivity contribution in [1.29, 1.82) is 0 Å². The van der Waals surface area contributed by atoms with Crippen molar-refractivity contribution in [3.05, 3.63) is 0 Å². The molecule has 12 atom stereocenters. The Morgan fingerprint density at radius 2 is 1.18 bits per heavy atom. The SMILES string of the molecule is COC(=O)[C@]1(OC(C)=O)C[C@H](OC(C)=O)[C@@H](NC(C)=O)[C@H]([C@@H](OC(C)=O)[C@H]2COC(=O)[C@]3(C[C@H](OC(C)=O)[C@@H](NC(C)=O)[C@H]([C@H](OC(C)=O)[C@@H](COC(C)=O)OC(C)=O)O3)O2)O1. The zero-order valence-corrected chi connectivity index (χ0v) is 35.5. The lowest BCUT2D eigenvalue weighted by Gasteiger charge is -2.52. The molecule has 0 saturated carbocycles. The van der Waals surface area contributed by atoms with Gasteiger partial charge in [0.1, 0.15) is 43.7 Å². The molecule has 25 heteroatoms. The molecule has 0 aromatic carbocycles. The van der Waals surface area contributed by atoms with E-state index in [1.165, 1.54) is 0 Å². The second-order valence-electron chi connectivity index (χ2n) is 14.3. The van der Waals surface area contributed by atoms with Crippen LogP contribution < -0.4 is 10.6 Å². The monoisotopic (exact) mass is 890 g/mol. The normalized spacial score (nSPS) is 29.4. The van der Waals surface area contributed by atoms with Gasteiger partial charge in [0, 0.05) is 62.3 Å². The van der Waals surface area contributed by atoms with E-state index in [0.29, 0.717) is 0 Å². The molecule has 0 radical (unpaired) electrons. The molecule has 0 unspecified atom stereocenters. The van der Waals surface area contributed by atoms with Gasteiger partial charge in [0.2, 0.25) is 11.8 Å². The minimum absolute atomic E-state index is 0.771. The number of hydrogen-bond acceptors (Lipinski definition) is 23. The highest BCUT2D eigenvalue weighted by Gasteiger charge is 2.65. The highest BCUT2D eigenvalue weighted by atomic mass is 16.8. The van der Waals surface area contributed by atoms with Crippen molar-refractivity contribution in [2.24, 2.45) is 0 Å². The molecular weight excluding hydrogens is 840 g/mol. The van der Waals surface area contributed by atoms with Crippen LogP contribution in [0.2, 0.25) is 0 Å². The summed E-state index contributed by atoms with van der Waals surface area (Å²) < 4.78 is 67.1. The molecule has 62 heavy (non-hydrogen) atoms. The smallest absolute Gasteiger partial charge is 0.379 e. The van der Waals surface area contributed by atoms with Crippen LogP contribution in [-0.4, -0.2) is 158 Å². The van der Waals surface area contributed by atoms with Gasteiger partial charge in [0.15, 0.2) is 18.3 Å². The fourth-order valence-electron chi connectivity index (χ4n) is 7.20. The molecule has 0 bridgehead atoms. The summed E-state index contributed by atoms with van der Waals surface area (Å²) in [5.74, 6) is -16.8. The van der Waals surface area contributed by atoms with Crippen molar-refractivity contribution in [3.63, 3.8) is 0 Å². The molecule has 0 aromatic rings. The van der Waals surface area contributed by atoms with Crippen LogP contribution in [0.5, 0.6) is 0 Å². The number of carbonyl (C=O) groups excluding carboxylic acids is 11. The van der Waals surface area contributed by atoms with E-state index in [1.807, 2.05) is 0 Å². The maximum absolute atomic E-state index is 14.1. The minimum atomic E-state index is -2.82. The zero-order chi connectivity index (χ0) is 46.9. The van der Waals surface area contributed by atoms with Gasteiger partial charge in [-0.05, 0) is 0 Å². The molecular formula is C37H50N2O23. The zero-order valence-electron chi connectivity index (χ0n) is 35.5. The van der Waals surface area contributed by atoms with Crippen molar-refractivity contribution in [3.8, 4) is 0 Å². The average molecular weight is 891 g/mol. The number of hydrogen-bond donors (Lipinski definition) is 2. The third-order valence-electron chi connectivity index (χ3n) is 9.07. The molecule has 3 fully saturated rings. The van der Waals surface area contributed by atoms with E-state index in [-0.39, 0.29) is 0 Å². The Balaban J connectivity index is 2.34. The molecule has 3 heterocycles. The number of rotatable bonds is 15. The fourth-order valence-corrected chi connectivity index (χ4v) is 7.20. The maximum atomic E-state index is 14.1. The van der Waals surface area contributed by atoms with E-state index in [2.05, 4.69) is 10.6 Å². The minimum Gasteiger partial charge on any atom is -0.464 e. The Kier molecular flexibility index (Phi) is 17.3. The van der Waals surface area contributed by atoms with Gasteiger partial charge >= 0.3 is 59.5 Å². The van der Waals surface area contributed by atoms with E-state index in [1.54, 1.807) is 0 Å². The number of methoxy groups -OCH3 is 1. The molecule has 2 amide bonds. The van der Waals surface area contributed by atoms with Crippen LogP contribution in [-0.2, 0) is 110 Å². The van der Waals surface area contributed by atoms with Crippen LogP contribution in [0.25, 0.3) is 0 Å². The molecule has 346 valence electrons. The van der Waals surface area contributed by atoms with Crippen LogP contribution in [0.15, 0.2) is 0 Å². The Labute approximate surface area is 353 Å². The van der Waals surface area contributed by atoms with Crippen LogP contribution in [0.1, 0.15) is 75.2 Å². The van der Waals surface area contributed by atoms with E-state index in [9.17, 15) is 52.7 Å². The molecule has 3 rings (SSSR count). The summed E-state index contributed by atoms with van der Waals surface area (Å²) in [7, 11) is 0.912. The Morgan fingerprint density at radius 3 is 1.65 bits per heavy atom. The van der Waals surface area contributed by atoms with Gasteiger partial charge in [-0.2, -0.15) is 0 Å². The average Bonchev–Trinajstić information content (AvgIpc) is 3.13. The fraction of sp³-hybridized carbons (Fsp3) is 0.703. The first kappa shape index (κ1) is 50.4. The first-order valence-electron chi connectivity index (χ1n) is 18.9. The van der Waals surface area contributed by atoms with Crippen molar-refractivity contribution in [1.82, 2.24) is 10.6 Å². The summed E-state index contributed by atoms with van der Waals surface area (Å²) in [4.78, 5) is 140. The van der Waals surface area contributed by atoms with E-state index >= 15 is 0 Å². The van der Waals surface area contributed by atoms with Crippen molar-refractivity contribution in [2.45, 2.75) is 148 Å². The number of esters is 9. The molecule has 3 saturated heterocycles. The van der Waals surface area contributed by atoms with Crippen molar-refractivity contribution in [2.75, 3.05) is 20.3 Å². The number of amides is 2. The number of carbonyl (C=O) groups is 11. The van der Waals surface area contributed by atoms with Gasteiger partial charge in [-0.25, -0.2) is 9.59 Å². The van der Waals surface area contributed by atoms with Crippen LogP contribution in [0.3, 0.4) is 0 Å². The van der Waals surface area contributed by atoms with Crippen LogP contribution >= 0.6 is 0 Å². The van der Waals surface area contributed by atoms with Crippen LogP contribution in [0, 0.1) is 0 Å². The molecule has 0 aromatic heterocycles. The van der Waals surface area contributed by atoms with Gasteiger partial charge < -0.3 is 67.5 Å². The summed E-state index contributed by atoms with van der Waals surface area (Å²) in [6.45, 7) is 7.23. The van der Waals surface area contributed by atoms with Crippen molar-refractivity contribution >= 4 is 65.5 Å². The summed E-state index contributed by atoms with van der Waals surface area (Å²) in [6, 6.07) is -3.13. The van der Waals surface area contributed by atoms with Crippen LogP contribution in [0.4, 0.5) is 0 Å². The quantitative estimate of drug-likeness (QED) is 0.131. The highest BCUT2D eigenvalue weighted by Crippen LogP contribution is 2.42. The van der Waals surface area contributed by atoms with Gasteiger partial charge in [-0.15, -0.1) is 0 Å². The molecule has 0 aliphatic carbocycles. The molecule has 2 N–H and O–H groups in total. The Hall–Kier alpha value is -5.95. The maximum Gasteiger partial charge on any atom is 0.379 e. The lowest BCUT2D eigenvalue weighted by molar-refractivity contribution is -0.359. The summed E-state index contributed by atoms with van der Waals surface area (Å²) in [6.07, 6.45) is -16.1.